The standard InChI is InChI=1S/C9H18N2O3S/c1-7(6-15-4)11(3)9(14)10(2)5-8(12)13/h7H,5-6H2,1-4H3,(H,12,13). The van der Waals surface area contributed by atoms with Gasteiger partial charge in [0.2, 0.25) is 0 Å². The molecular formula is C9H18N2O3S. The summed E-state index contributed by atoms with van der Waals surface area (Å²) in [6.45, 7) is 1.66. The lowest BCUT2D eigenvalue weighted by Crippen LogP contribution is -2.45. The number of rotatable bonds is 5. The molecule has 1 unspecified atom stereocenters. The molecule has 15 heavy (non-hydrogen) atoms. The van der Waals surface area contributed by atoms with E-state index in [1.165, 1.54) is 11.9 Å². The number of amides is 2. The summed E-state index contributed by atoms with van der Waals surface area (Å²) in [5.41, 5.74) is 0. The predicted octanol–water partition coefficient (Wildman–Crippen LogP) is 0.806. The molecule has 2 amide bonds. The molecule has 6 heteroatoms. The maximum atomic E-state index is 11.7. The van der Waals surface area contributed by atoms with Crippen LogP contribution < -0.4 is 0 Å². The Labute approximate surface area is 94.4 Å². The highest BCUT2D eigenvalue weighted by molar-refractivity contribution is 7.98. The fourth-order valence-electron chi connectivity index (χ4n) is 1.08. The molecule has 1 N–H and O–H groups in total. The smallest absolute Gasteiger partial charge is 0.323 e. The summed E-state index contributed by atoms with van der Waals surface area (Å²) in [5, 5.41) is 8.54. The normalized spacial score (nSPS) is 12.0. The van der Waals surface area contributed by atoms with Gasteiger partial charge in [0, 0.05) is 25.9 Å². The maximum absolute atomic E-state index is 11.7. The molecule has 0 aliphatic rings. The van der Waals surface area contributed by atoms with E-state index in [0.717, 1.165) is 5.75 Å². The van der Waals surface area contributed by atoms with Crippen molar-refractivity contribution < 1.29 is 14.7 Å². The quantitative estimate of drug-likeness (QED) is 0.764. The zero-order valence-electron chi connectivity index (χ0n) is 9.56. The molecule has 0 saturated heterocycles. The number of carbonyl (C=O) groups is 2. The topological polar surface area (TPSA) is 60.9 Å². The van der Waals surface area contributed by atoms with Crippen molar-refractivity contribution in [1.29, 1.82) is 0 Å². The number of carbonyl (C=O) groups excluding carboxylic acids is 1. The SMILES string of the molecule is CSCC(C)N(C)C(=O)N(C)CC(=O)O. The Balaban J connectivity index is 4.23. The van der Waals surface area contributed by atoms with E-state index in [4.69, 9.17) is 5.11 Å². The van der Waals surface area contributed by atoms with Gasteiger partial charge in [-0.1, -0.05) is 0 Å². The van der Waals surface area contributed by atoms with Crippen molar-refractivity contribution in [2.45, 2.75) is 13.0 Å². The van der Waals surface area contributed by atoms with Crippen molar-refractivity contribution in [2.24, 2.45) is 0 Å². The molecule has 1 atom stereocenters. The van der Waals surface area contributed by atoms with Gasteiger partial charge in [-0.3, -0.25) is 4.79 Å². The Morgan fingerprint density at radius 3 is 2.33 bits per heavy atom. The second-order valence-corrected chi connectivity index (χ2v) is 4.36. The van der Waals surface area contributed by atoms with Crippen LogP contribution in [0.15, 0.2) is 0 Å². The van der Waals surface area contributed by atoms with Crippen LogP contribution in [0.1, 0.15) is 6.92 Å². The molecule has 0 radical (unpaired) electrons. The zero-order chi connectivity index (χ0) is 12.0. The van der Waals surface area contributed by atoms with Gasteiger partial charge in [0.15, 0.2) is 0 Å². The molecule has 88 valence electrons. The van der Waals surface area contributed by atoms with E-state index < -0.39 is 5.97 Å². The van der Waals surface area contributed by atoms with E-state index in [0.29, 0.717) is 0 Å². The Hall–Kier alpha value is -0.910. The predicted molar refractivity (Wildman–Crippen MR) is 61.3 cm³/mol. The van der Waals surface area contributed by atoms with E-state index in [9.17, 15) is 9.59 Å². The fourth-order valence-corrected chi connectivity index (χ4v) is 1.79. The summed E-state index contributed by atoms with van der Waals surface area (Å²) in [5.74, 6) is -0.167. The maximum Gasteiger partial charge on any atom is 0.323 e. The molecule has 0 aliphatic carbocycles. The second kappa shape index (κ2) is 6.55. The van der Waals surface area contributed by atoms with E-state index in [-0.39, 0.29) is 18.6 Å². The van der Waals surface area contributed by atoms with Crippen LogP contribution in [-0.2, 0) is 4.79 Å². The summed E-state index contributed by atoms with van der Waals surface area (Å²) in [4.78, 5) is 24.8. The molecule has 0 bridgehead atoms. The van der Waals surface area contributed by atoms with Gasteiger partial charge in [-0.15, -0.1) is 0 Å². The summed E-state index contributed by atoms with van der Waals surface area (Å²) >= 11 is 1.65. The van der Waals surface area contributed by atoms with Crippen LogP contribution in [-0.4, -0.2) is 65.6 Å². The van der Waals surface area contributed by atoms with Crippen LogP contribution in [0.3, 0.4) is 0 Å². The molecule has 0 saturated carbocycles. The lowest BCUT2D eigenvalue weighted by molar-refractivity contribution is -0.137. The van der Waals surface area contributed by atoms with Gasteiger partial charge in [-0.05, 0) is 13.2 Å². The van der Waals surface area contributed by atoms with Crippen LogP contribution in [0.4, 0.5) is 4.79 Å². The third-order valence-electron chi connectivity index (χ3n) is 2.07. The van der Waals surface area contributed by atoms with Crippen molar-refractivity contribution in [3.8, 4) is 0 Å². The highest BCUT2D eigenvalue weighted by Gasteiger charge is 2.20. The third-order valence-corrected chi connectivity index (χ3v) is 2.89. The van der Waals surface area contributed by atoms with E-state index >= 15 is 0 Å². The first kappa shape index (κ1) is 14.1. The summed E-state index contributed by atoms with van der Waals surface area (Å²) in [6, 6.07) is -0.164. The molecule has 0 aliphatic heterocycles. The lowest BCUT2D eigenvalue weighted by Gasteiger charge is -2.28. The number of nitrogens with zero attached hydrogens (tertiary/aromatic N) is 2. The molecule has 0 aromatic rings. The van der Waals surface area contributed by atoms with Crippen molar-refractivity contribution in [2.75, 3.05) is 32.6 Å². The summed E-state index contributed by atoms with van der Waals surface area (Å²) < 4.78 is 0. The molecule has 0 aromatic carbocycles. The first-order valence-electron chi connectivity index (χ1n) is 4.58. The Morgan fingerprint density at radius 1 is 1.40 bits per heavy atom. The molecule has 0 fully saturated rings. The Morgan fingerprint density at radius 2 is 1.93 bits per heavy atom. The number of carboxylic acids is 1. The number of thioether (sulfide) groups is 1. The zero-order valence-corrected chi connectivity index (χ0v) is 10.4. The monoisotopic (exact) mass is 234 g/mol. The van der Waals surface area contributed by atoms with Gasteiger partial charge in [-0.25, -0.2) is 4.79 Å². The van der Waals surface area contributed by atoms with Crippen LogP contribution in [0, 0.1) is 0 Å². The molecule has 0 heterocycles. The Bertz CT molecular complexity index is 235. The lowest BCUT2D eigenvalue weighted by atomic mass is 10.3. The highest BCUT2D eigenvalue weighted by Crippen LogP contribution is 2.05. The van der Waals surface area contributed by atoms with Gasteiger partial charge < -0.3 is 14.9 Å². The first-order valence-corrected chi connectivity index (χ1v) is 5.98. The van der Waals surface area contributed by atoms with Crippen LogP contribution in [0.5, 0.6) is 0 Å². The molecule has 0 aromatic heterocycles. The minimum absolute atomic E-state index is 0.101. The summed E-state index contributed by atoms with van der Waals surface area (Å²) in [6.07, 6.45) is 1.97. The second-order valence-electron chi connectivity index (χ2n) is 3.45. The van der Waals surface area contributed by atoms with Crippen molar-refractivity contribution in [3.63, 3.8) is 0 Å². The third kappa shape index (κ3) is 4.92. The molecule has 0 rings (SSSR count). The van der Waals surface area contributed by atoms with Crippen molar-refractivity contribution in [1.82, 2.24) is 9.80 Å². The number of carboxylic acid groups (broad SMARTS) is 1. The molecule has 5 nitrogen and oxygen atoms in total. The van der Waals surface area contributed by atoms with Crippen LogP contribution >= 0.6 is 11.8 Å². The largest absolute Gasteiger partial charge is 0.480 e. The van der Waals surface area contributed by atoms with Crippen LogP contribution in [0.2, 0.25) is 0 Å². The van der Waals surface area contributed by atoms with Gasteiger partial charge in [-0.2, -0.15) is 11.8 Å². The molecular weight excluding hydrogens is 216 g/mol. The van der Waals surface area contributed by atoms with E-state index in [1.807, 2.05) is 13.2 Å². The van der Waals surface area contributed by atoms with Gasteiger partial charge in [0.25, 0.3) is 0 Å². The highest BCUT2D eigenvalue weighted by atomic mass is 32.2. The fraction of sp³-hybridized carbons (Fsp3) is 0.778. The number of hydrogen-bond donors (Lipinski definition) is 1. The Kier molecular flexibility index (Phi) is 6.15. The van der Waals surface area contributed by atoms with Crippen LogP contribution in [0.25, 0.3) is 0 Å². The van der Waals surface area contributed by atoms with Crippen molar-refractivity contribution in [3.05, 3.63) is 0 Å². The number of likely N-dealkylation sites (N-methyl/N-ethyl adjacent to an activating group) is 1. The van der Waals surface area contributed by atoms with Gasteiger partial charge in [0.05, 0.1) is 0 Å². The first-order chi connectivity index (χ1) is 6.90. The minimum atomic E-state index is -1.00. The number of hydrogen-bond acceptors (Lipinski definition) is 3. The number of urea groups is 1. The average Bonchev–Trinajstić information content (AvgIpc) is 2.14. The number of aliphatic carboxylic acids is 1. The van der Waals surface area contributed by atoms with Crippen molar-refractivity contribution >= 4 is 23.8 Å². The minimum Gasteiger partial charge on any atom is -0.480 e. The van der Waals surface area contributed by atoms with E-state index in [2.05, 4.69) is 0 Å². The van der Waals surface area contributed by atoms with Gasteiger partial charge in [0.1, 0.15) is 6.54 Å². The molecule has 0 spiro atoms. The van der Waals surface area contributed by atoms with E-state index in [1.54, 1.807) is 23.7 Å². The average molecular weight is 234 g/mol. The summed E-state index contributed by atoms with van der Waals surface area (Å²) in [7, 11) is 3.17. The van der Waals surface area contributed by atoms with Gasteiger partial charge >= 0.3 is 12.0 Å².